The van der Waals surface area contributed by atoms with Gasteiger partial charge >= 0.3 is 6.18 Å². The van der Waals surface area contributed by atoms with E-state index in [-0.39, 0.29) is 25.3 Å². The Morgan fingerprint density at radius 3 is 2.58 bits per heavy atom. The third-order valence-corrected chi connectivity index (χ3v) is 3.42. The topological polar surface area (TPSA) is 49.4 Å². The maximum Gasteiger partial charge on any atom is 0.393 e. The number of thiol groups is 1. The number of nitrogens with one attached hydrogen (secondary N) is 1. The zero-order chi connectivity index (χ0) is 14.6. The van der Waals surface area contributed by atoms with Crippen LogP contribution in [0.1, 0.15) is 19.8 Å². The summed E-state index contributed by atoms with van der Waals surface area (Å²) in [6.45, 7) is 1.19. The van der Waals surface area contributed by atoms with E-state index in [1.807, 2.05) is 0 Å². The second-order valence-corrected chi connectivity index (χ2v) is 4.97. The number of hydrogen-bond acceptors (Lipinski definition) is 3. The fraction of sp³-hybridized carbons (Fsp3) is 0.818. The molecule has 1 aliphatic rings. The van der Waals surface area contributed by atoms with Gasteiger partial charge in [-0.05, 0) is 12.8 Å². The van der Waals surface area contributed by atoms with Crippen LogP contribution in [0.4, 0.5) is 13.2 Å². The van der Waals surface area contributed by atoms with Crippen molar-refractivity contribution in [3.63, 3.8) is 0 Å². The summed E-state index contributed by atoms with van der Waals surface area (Å²) in [5, 5.41) is 2.39. The Labute approximate surface area is 115 Å². The van der Waals surface area contributed by atoms with Gasteiger partial charge in [0.1, 0.15) is 6.04 Å². The lowest BCUT2D eigenvalue weighted by Gasteiger charge is -2.35. The number of nitrogens with zero attached hydrogens (tertiary/aromatic N) is 1. The maximum absolute atomic E-state index is 12.6. The highest BCUT2D eigenvalue weighted by atomic mass is 32.1. The van der Waals surface area contributed by atoms with Crippen LogP contribution in [0, 0.1) is 5.92 Å². The highest BCUT2D eigenvalue weighted by molar-refractivity contribution is 7.80. The van der Waals surface area contributed by atoms with Crippen LogP contribution in [0.15, 0.2) is 0 Å². The van der Waals surface area contributed by atoms with Gasteiger partial charge in [0.05, 0.1) is 5.92 Å². The standard InChI is InChI=1S/C11H17F3N2O2S/c1-7(17)15-9(6-19)10(18)16-4-2-3-8(5-16)11(12,13)14/h8-9,19H,2-6H2,1H3,(H,15,17). The highest BCUT2D eigenvalue weighted by Crippen LogP contribution is 2.33. The van der Waals surface area contributed by atoms with E-state index in [0.717, 1.165) is 0 Å². The summed E-state index contributed by atoms with van der Waals surface area (Å²) < 4.78 is 37.9. The molecule has 0 saturated carbocycles. The Hall–Kier alpha value is -0.920. The number of likely N-dealkylation sites (tertiary alicyclic amines) is 1. The molecule has 2 atom stereocenters. The van der Waals surface area contributed by atoms with Gasteiger partial charge in [-0.3, -0.25) is 9.59 Å². The van der Waals surface area contributed by atoms with Gasteiger partial charge in [-0.15, -0.1) is 0 Å². The summed E-state index contributed by atoms with van der Waals surface area (Å²) in [5.41, 5.74) is 0. The van der Waals surface area contributed by atoms with Crippen molar-refractivity contribution < 1.29 is 22.8 Å². The van der Waals surface area contributed by atoms with Crippen LogP contribution in [0.5, 0.6) is 0 Å². The van der Waals surface area contributed by atoms with E-state index in [1.54, 1.807) is 0 Å². The van der Waals surface area contributed by atoms with Crippen molar-refractivity contribution in [3.8, 4) is 0 Å². The molecule has 1 saturated heterocycles. The average molecular weight is 298 g/mol. The number of alkyl halides is 3. The van der Waals surface area contributed by atoms with E-state index in [2.05, 4.69) is 17.9 Å². The molecule has 1 N–H and O–H groups in total. The lowest BCUT2D eigenvalue weighted by Crippen LogP contribution is -2.53. The summed E-state index contributed by atoms with van der Waals surface area (Å²) in [5.74, 6) is -2.33. The molecule has 0 aliphatic carbocycles. The first kappa shape index (κ1) is 16.1. The summed E-state index contributed by atoms with van der Waals surface area (Å²) in [6.07, 6.45) is -3.93. The molecule has 4 nitrogen and oxygen atoms in total. The molecule has 1 aliphatic heterocycles. The largest absolute Gasteiger partial charge is 0.393 e. The van der Waals surface area contributed by atoms with Gasteiger partial charge in [-0.1, -0.05) is 0 Å². The minimum Gasteiger partial charge on any atom is -0.344 e. The number of piperidine rings is 1. The monoisotopic (exact) mass is 298 g/mol. The summed E-state index contributed by atoms with van der Waals surface area (Å²) >= 11 is 3.94. The Morgan fingerprint density at radius 2 is 2.11 bits per heavy atom. The van der Waals surface area contributed by atoms with Crippen molar-refractivity contribution in [2.75, 3.05) is 18.8 Å². The summed E-state index contributed by atoms with van der Waals surface area (Å²) in [6, 6.07) is -0.868. The van der Waals surface area contributed by atoms with E-state index in [0.29, 0.717) is 6.42 Å². The average Bonchev–Trinajstić information content (AvgIpc) is 2.34. The maximum atomic E-state index is 12.6. The molecule has 110 valence electrons. The SMILES string of the molecule is CC(=O)NC(CS)C(=O)N1CCCC(C(F)(F)F)C1. The molecule has 8 heteroatoms. The molecule has 2 amide bonds. The minimum absolute atomic E-state index is 0.0406. The van der Waals surface area contributed by atoms with Crippen molar-refractivity contribution in [1.29, 1.82) is 0 Å². The molecule has 0 aromatic carbocycles. The quantitative estimate of drug-likeness (QED) is 0.770. The van der Waals surface area contributed by atoms with Gasteiger partial charge in [0.25, 0.3) is 0 Å². The van der Waals surface area contributed by atoms with Gasteiger partial charge in [-0.25, -0.2) is 0 Å². The predicted octanol–water partition coefficient (Wildman–Crippen LogP) is 1.22. The number of hydrogen-bond donors (Lipinski definition) is 2. The zero-order valence-electron chi connectivity index (χ0n) is 10.5. The predicted molar refractivity (Wildman–Crippen MR) is 66.8 cm³/mol. The van der Waals surface area contributed by atoms with E-state index >= 15 is 0 Å². The third kappa shape index (κ3) is 4.59. The number of halogens is 3. The van der Waals surface area contributed by atoms with Crippen molar-refractivity contribution in [2.24, 2.45) is 5.92 Å². The molecule has 1 rings (SSSR count). The molecule has 19 heavy (non-hydrogen) atoms. The summed E-state index contributed by atoms with van der Waals surface area (Å²) in [7, 11) is 0. The lowest BCUT2D eigenvalue weighted by molar-refractivity contribution is -0.188. The number of rotatable bonds is 3. The van der Waals surface area contributed by atoms with E-state index in [9.17, 15) is 22.8 Å². The smallest absolute Gasteiger partial charge is 0.344 e. The number of carbonyl (C=O) groups is 2. The van der Waals surface area contributed by atoms with Gasteiger partial charge in [0.15, 0.2) is 0 Å². The molecular weight excluding hydrogens is 281 g/mol. The molecule has 0 spiro atoms. The fourth-order valence-electron chi connectivity index (χ4n) is 2.10. The normalized spacial score (nSPS) is 21.9. The summed E-state index contributed by atoms with van der Waals surface area (Å²) in [4.78, 5) is 24.1. The molecule has 2 unspecified atom stereocenters. The molecule has 0 aromatic heterocycles. The van der Waals surface area contributed by atoms with Gasteiger partial charge in [0.2, 0.25) is 11.8 Å². The molecule has 1 fully saturated rings. The van der Waals surface area contributed by atoms with Crippen LogP contribution in [-0.4, -0.2) is 47.8 Å². The van der Waals surface area contributed by atoms with Gasteiger partial charge < -0.3 is 10.2 Å². The lowest BCUT2D eigenvalue weighted by atomic mass is 9.97. The fourth-order valence-corrected chi connectivity index (χ4v) is 2.34. The Morgan fingerprint density at radius 1 is 1.47 bits per heavy atom. The van der Waals surface area contributed by atoms with E-state index in [1.165, 1.54) is 11.8 Å². The second-order valence-electron chi connectivity index (χ2n) is 4.60. The first-order valence-electron chi connectivity index (χ1n) is 5.99. The Balaban J connectivity index is 2.68. The first-order valence-corrected chi connectivity index (χ1v) is 6.62. The van der Waals surface area contributed by atoms with Crippen LogP contribution in [0.2, 0.25) is 0 Å². The van der Waals surface area contributed by atoms with E-state index in [4.69, 9.17) is 0 Å². The van der Waals surface area contributed by atoms with Crippen molar-refractivity contribution >= 4 is 24.4 Å². The molecular formula is C11H17F3N2O2S. The van der Waals surface area contributed by atoms with Crippen molar-refractivity contribution in [2.45, 2.75) is 32.0 Å². The first-order chi connectivity index (χ1) is 8.75. The van der Waals surface area contributed by atoms with Crippen LogP contribution < -0.4 is 5.32 Å². The van der Waals surface area contributed by atoms with Crippen LogP contribution >= 0.6 is 12.6 Å². The minimum atomic E-state index is -4.29. The molecule has 0 radical (unpaired) electrons. The van der Waals surface area contributed by atoms with Crippen LogP contribution in [0.25, 0.3) is 0 Å². The van der Waals surface area contributed by atoms with Crippen LogP contribution in [0.3, 0.4) is 0 Å². The second kappa shape index (κ2) is 6.49. The zero-order valence-corrected chi connectivity index (χ0v) is 11.4. The van der Waals surface area contributed by atoms with Crippen LogP contribution in [-0.2, 0) is 9.59 Å². The number of carbonyl (C=O) groups excluding carboxylic acids is 2. The Bertz CT molecular complexity index is 349. The third-order valence-electron chi connectivity index (χ3n) is 3.05. The van der Waals surface area contributed by atoms with Gasteiger partial charge in [-0.2, -0.15) is 25.8 Å². The molecule has 0 aromatic rings. The van der Waals surface area contributed by atoms with Crippen molar-refractivity contribution in [1.82, 2.24) is 10.2 Å². The highest BCUT2D eigenvalue weighted by Gasteiger charge is 2.43. The Kier molecular flexibility index (Phi) is 5.51. The number of amides is 2. The molecule has 0 bridgehead atoms. The van der Waals surface area contributed by atoms with Crippen molar-refractivity contribution in [3.05, 3.63) is 0 Å². The molecule has 1 heterocycles. The van der Waals surface area contributed by atoms with Gasteiger partial charge in [0, 0.05) is 25.8 Å². The van der Waals surface area contributed by atoms with E-state index < -0.39 is 30.0 Å².